The van der Waals surface area contributed by atoms with E-state index in [9.17, 15) is 4.79 Å². The highest BCUT2D eigenvalue weighted by molar-refractivity contribution is 5.76. The van der Waals surface area contributed by atoms with E-state index in [4.69, 9.17) is 6.42 Å². The molecule has 1 amide bonds. The van der Waals surface area contributed by atoms with Crippen LogP contribution in [0.25, 0.3) is 0 Å². The van der Waals surface area contributed by atoms with Crippen LogP contribution >= 0.6 is 0 Å². The monoisotopic (exact) mass is 327 g/mol. The minimum absolute atomic E-state index is 0.107. The van der Waals surface area contributed by atoms with E-state index in [1.165, 1.54) is 12.0 Å². The van der Waals surface area contributed by atoms with Crippen molar-refractivity contribution in [2.45, 2.75) is 63.1 Å². The summed E-state index contributed by atoms with van der Waals surface area (Å²) in [5, 5.41) is 15.6. The first-order valence-corrected chi connectivity index (χ1v) is 8.75. The number of terminal acetylenes is 1. The average molecular weight is 327 g/mol. The molecule has 0 spiro atoms. The summed E-state index contributed by atoms with van der Waals surface area (Å²) in [4.78, 5) is 12.3. The standard InChI is InChI=1S/C18H25N5O/c1-3-4-9-18(21-22-18)10-8-17(24)20-16-7-5-6-15(16)11-14-12-19-23(2)13-14/h1,12-13,15-16H,4-11H2,2H3,(H,20,24). The largest absolute Gasteiger partial charge is 0.353 e. The van der Waals surface area contributed by atoms with Gasteiger partial charge < -0.3 is 5.32 Å². The topological polar surface area (TPSA) is 71.6 Å². The van der Waals surface area contributed by atoms with Gasteiger partial charge in [0.25, 0.3) is 0 Å². The van der Waals surface area contributed by atoms with Gasteiger partial charge in [-0.05, 0) is 30.7 Å². The van der Waals surface area contributed by atoms with Gasteiger partial charge >= 0.3 is 0 Å². The van der Waals surface area contributed by atoms with Crippen molar-refractivity contribution in [3.63, 3.8) is 0 Å². The Morgan fingerprint density at radius 2 is 2.29 bits per heavy atom. The molecule has 2 aliphatic rings. The molecule has 6 heteroatoms. The maximum Gasteiger partial charge on any atom is 0.220 e. The quantitative estimate of drug-likeness (QED) is 0.746. The van der Waals surface area contributed by atoms with Crippen molar-refractivity contribution < 1.29 is 4.79 Å². The van der Waals surface area contributed by atoms with Gasteiger partial charge in [-0.15, -0.1) is 12.3 Å². The minimum atomic E-state index is -0.367. The van der Waals surface area contributed by atoms with Crippen LogP contribution in [0.2, 0.25) is 0 Å². The molecule has 1 aromatic rings. The highest BCUT2D eigenvalue weighted by atomic mass is 16.1. The van der Waals surface area contributed by atoms with Crippen molar-refractivity contribution in [1.29, 1.82) is 0 Å². The van der Waals surface area contributed by atoms with Gasteiger partial charge in [-0.3, -0.25) is 9.48 Å². The molecule has 1 N–H and O–H groups in total. The van der Waals surface area contributed by atoms with E-state index in [1.54, 1.807) is 0 Å². The lowest BCUT2D eigenvalue weighted by atomic mass is 9.96. The highest BCUT2D eigenvalue weighted by Gasteiger charge is 2.39. The maximum absolute atomic E-state index is 12.3. The Morgan fingerprint density at radius 1 is 1.46 bits per heavy atom. The summed E-state index contributed by atoms with van der Waals surface area (Å²) in [7, 11) is 1.93. The van der Waals surface area contributed by atoms with Gasteiger partial charge in [-0.1, -0.05) is 6.42 Å². The molecule has 0 bridgehead atoms. The molecule has 1 aliphatic heterocycles. The van der Waals surface area contributed by atoms with E-state index in [2.05, 4.69) is 32.8 Å². The van der Waals surface area contributed by atoms with Crippen LogP contribution in [0.1, 0.15) is 50.5 Å². The number of aryl methyl sites for hydroxylation is 1. The lowest BCUT2D eigenvalue weighted by molar-refractivity contribution is -0.122. The Balaban J connectivity index is 1.44. The number of nitrogens with one attached hydrogen (secondary N) is 1. The lowest BCUT2D eigenvalue weighted by Crippen LogP contribution is -2.38. The Morgan fingerprint density at radius 3 is 2.96 bits per heavy atom. The summed E-state index contributed by atoms with van der Waals surface area (Å²) < 4.78 is 1.83. The van der Waals surface area contributed by atoms with Crippen molar-refractivity contribution in [3.05, 3.63) is 18.0 Å². The molecular weight excluding hydrogens is 302 g/mol. The number of hydrogen-bond donors (Lipinski definition) is 1. The van der Waals surface area contributed by atoms with Gasteiger partial charge in [0, 0.05) is 45.0 Å². The fraction of sp³-hybridized carbons (Fsp3) is 0.667. The van der Waals surface area contributed by atoms with E-state index in [1.807, 2.05) is 17.9 Å². The third-order valence-electron chi connectivity index (χ3n) is 5.07. The Bertz CT molecular complexity index is 651. The molecule has 1 fully saturated rings. The zero-order valence-electron chi connectivity index (χ0n) is 14.2. The van der Waals surface area contributed by atoms with Gasteiger partial charge in [0.1, 0.15) is 0 Å². The predicted molar refractivity (Wildman–Crippen MR) is 91.1 cm³/mol. The Hall–Kier alpha value is -2.16. The molecule has 3 rings (SSSR count). The van der Waals surface area contributed by atoms with Gasteiger partial charge in [0.15, 0.2) is 5.66 Å². The molecule has 0 saturated heterocycles. The van der Waals surface area contributed by atoms with Crippen LogP contribution in [-0.4, -0.2) is 27.4 Å². The molecular formula is C18H25N5O. The molecule has 2 atom stereocenters. The summed E-state index contributed by atoms with van der Waals surface area (Å²) in [6.45, 7) is 0. The van der Waals surface area contributed by atoms with Crippen LogP contribution in [0.4, 0.5) is 0 Å². The van der Waals surface area contributed by atoms with Crippen LogP contribution in [0, 0.1) is 18.3 Å². The summed E-state index contributed by atoms with van der Waals surface area (Å²) in [6.07, 6.45) is 16.2. The second-order valence-corrected chi connectivity index (χ2v) is 6.98. The molecule has 128 valence electrons. The molecule has 0 aromatic carbocycles. The summed E-state index contributed by atoms with van der Waals surface area (Å²) in [6, 6.07) is 0.271. The molecule has 24 heavy (non-hydrogen) atoms. The number of nitrogens with zero attached hydrogens (tertiary/aromatic N) is 4. The molecule has 1 aliphatic carbocycles. The fourth-order valence-corrected chi connectivity index (χ4v) is 3.61. The minimum Gasteiger partial charge on any atom is -0.353 e. The first-order valence-electron chi connectivity index (χ1n) is 8.75. The number of amides is 1. The summed E-state index contributed by atoms with van der Waals surface area (Å²) in [5.74, 6) is 3.22. The number of carbonyl (C=O) groups excluding carboxylic acids is 1. The lowest BCUT2D eigenvalue weighted by Gasteiger charge is -2.21. The second-order valence-electron chi connectivity index (χ2n) is 6.98. The number of rotatable bonds is 8. The van der Waals surface area contributed by atoms with Gasteiger partial charge in [0.05, 0.1) is 6.20 Å². The van der Waals surface area contributed by atoms with Gasteiger partial charge in [-0.2, -0.15) is 15.3 Å². The molecule has 2 heterocycles. The van der Waals surface area contributed by atoms with Crippen molar-refractivity contribution in [2.24, 2.45) is 23.2 Å². The fourth-order valence-electron chi connectivity index (χ4n) is 3.61. The van der Waals surface area contributed by atoms with E-state index >= 15 is 0 Å². The SMILES string of the molecule is C#CCCC1(CCC(=O)NC2CCCC2Cc2cnn(C)c2)N=N1. The Kier molecular flexibility index (Phi) is 4.98. The average Bonchev–Trinajstić information content (AvgIpc) is 3.02. The van der Waals surface area contributed by atoms with Crippen LogP contribution in [0.3, 0.4) is 0 Å². The number of hydrogen-bond acceptors (Lipinski definition) is 4. The highest BCUT2D eigenvalue weighted by Crippen LogP contribution is 2.37. The van der Waals surface area contributed by atoms with Crippen LogP contribution in [0.15, 0.2) is 22.6 Å². The summed E-state index contributed by atoms with van der Waals surface area (Å²) in [5.41, 5.74) is 0.876. The predicted octanol–water partition coefficient (Wildman–Crippen LogP) is 2.60. The van der Waals surface area contributed by atoms with Crippen molar-refractivity contribution in [3.8, 4) is 12.3 Å². The third kappa shape index (κ3) is 4.22. The van der Waals surface area contributed by atoms with Gasteiger partial charge in [-0.25, -0.2) is 0 Å². The van der Waals surface area contributed by atoms with Crippen molar-refractivity contribution in [2.75, 3.05) is 0 Å². The van der Waals surface area contributed by atoms with Crippen molar-refractivity contribution in [1.82, 2.24) is 15.1 Å². The van der Waals surface area contributed by atoms with Crippen LogP contribution in [-0.2, 0) is 18.3 Å². The van der Waals surface area contributed by atoms with E-state index in [0.717, 1.165) is 25.7 Å². The summed E-state index contributed by atoms with van der Waals surface area (Å²) >= 11 is 0. The zero-order chi connectivity index (χ0) is 17.0. The second kappa shape index (κ2) is 7.16. The molecule has 6 nitrogen and oxygen atoms in total. The van der Waals surface area contributed by atoms with Crippen molar-refractivity contribution >= 4 is 5.91 Å². The zero-order valence-corrected chi connectivity index (χ0v) is 14.2. The van der Waals surface area contributed by atoms with E-state index in [0.29, 0.717) is 25.2 Å². The third-order valence-corrected chi connectivity index (χ3v) is 5.07. The number of carbonyl (C=O) groups is 1. The molecule has 2 unspecified atom stereocenters. The molecule has 0 radical (unpaired) electrons. The van der Waals surface area contributed by atoms with Gasteiger partial charge in [0.2, 0.25) is 5.91 Å². The van der Waals surface area contributed by atoms with E-state index < -0.39 is 0 Å². The van der Waals surface area contributed by atoms with E-state index in [-0.39, 0.29) is 17.6 Å². The van der Waals surface area contributed by atoms with Crippen LogP contribution in [0.5, 0.6) is 0 Å². The molecule has 1 aromatic heterocycles. The normalized spacial score (nSPS) is 23.8. The smallest absolute Gasteiger partial charge is 0.220 e. The number of aromatic nitrogens is 2. The Labute approximate surface area is 143 Å². The maximum atomic E-state index is 12.3. The molecule has 1 saturated carbocycles. The first kappa shape index (κ1) is 16.7. The first-order chi connectivity index (χ1) is 11.6. The van der Waals surface area contributed by atoms with Crippen LogP contribution < -0.4 is 5.32 Å².